The van der Waals surface area contributed by atoms with Gasteiger partial charge in [0.25, 0.3) is 0 Å². The van der Waals surface area contributed by atoms with Crippen LogP contribution >= 0.6 is 11.3 Å². The minimum Gasteiger partial charge on any atom is -0.388 e. The maximum atomic E-state index is 11.5. The standard InChI is InChI=1S/C14H10N2O2S/c17-8-12(18)10-1-2-11-13(7-10)19-14(16-11)9-3-5-15-6-4-9/h1-7,17H,8H2. The molecule has 0 bridgehead atoms. The van der Waals surface area contributed by atoms with Crippen LogP contribution in [0.4, 0.5) is 0 Å². The minimum atomic E-state index is -0.471. The van der Waals surface area contributed by atoms with Crippen LogP contribution in [0.25, 0.3) is 20.8 Å². The number of benzene rings is 1. The molecule has 2 heterocycles. The van der Waals surface area contributed by atoms with Crippen molar-refractivity contribution >= 4 is 27.3 Å². The van der Waals surface area contributed by atoms with Gasteiger partial charge in [0.2, 0.25) is 0 Å². The van der Waals surface area contributed by atoms with Crippen LogP contribution in [0.15, 0.2) is 42.7 Å². The number of carbonyl (C=O) groups is 1. The van der Waals surface area contributed by atoms with Crippen LogP contribution in [0.2, 0.25) is 0 Å². The lowest BCUT2D eigenvalue weighted by Crippen LogP contribution is -2.03. The second-order valence-electron chi connectivity index (χ2n) is 4.02. The van der Waals surface area contributed by atoms with E-state index in [-0.39, 0.29) is 5.78 Å². The molecular formula is C14H10N2O2S. The summed E-state index contributed by atoms with van der Waals surface area (Å²) in [5.41, 5.74) is 2.37. The van der Waals surface area contributed by atoms with Crippen LogP contribution in [0.1, 0.15) is 10.4 Å². The lowest BCUT2D eigenvalue weighted by molar-refractivity contribution is 0.0904. The molecule has 3 rings (SSSR count). The van der Waals surface area contributed by atoms with E-state index in [1.54, 1.807) is 30.6 Å². The van der Waals surface area contributed by atoms with E-state index in [2.05, 4.69) is 9.97 Å². The van der Waals surface area contributed by atoms with Crippen molar-refractivity contribution in [2.75, 3.05) is 6.61 Å². The number of ketones is 1. The highest BCUT2D eigenvalue weighted by Crippen LogP contribution is 2.30. The SMILES string of the molecule is O=C(CO)c1ccc2nc(-c3ccncc3)sc2c1. The van der Waals surface area contributed by atoms with Crippen LogP contribution in [-0.4, -0.2) is 27.5 Å². The molecule has 0 amide bonds. The molecule has 0 saturated heterocycles. The van der Waals surface area contributed by atoms with E-state index in [4.69, 9.17) is 5.11 Å². The fourth-order valence-corrected chi connectivity index (χ4v) is 2.82. The second kappa shape index (κ2) is 4.87. The lowest BCUT2D eigenvalue weighted by atomic mass is 10.1. The van der Waals surface area contributed by atoms with E-state index in [1.807, 2.05) is 12.1 Å². The van der Waals surface area contributed by atoms with Crippen molar-refractivity contribution in [3.63, 3.8) is 0 Å². The van der Waals surface area contributed by atoms with E-state index < -0.39 is 6.61 Å². The van der Waals surface area contributed by atoms with Crippen LogP contribution in [0.3, 0.4) is 0 Å². The first kappa shape index (κ1) is 12.0. The minimum absolute atomic E-state index is 0.277. The molecule has 0 aliphatic heterocycles. The summed E-state index contributed by atoms with van der Waals surface area (Å²) in [6, 6.07) is 9.07. The third-order valence-electron chi connectivity index (χ3n) is 2.78. The fraction of sp³-hybridized carbons (Fsp3) is 0.0714. The number of aromatic nitrogens is 2. The third-order valence-corrected chi connectivity index (χ3v) is 3.85. The first-order valence-corrected chi connectivity index (χ1v) is 6.54. The third kappa shape index (κ3) is 2.25. The molecule has 1 aromatic carbocycles. The van der Waals surface area contributed by atoms with Gasteiger partial charge in [-0.25, -0.2) is 4.98 Å². The Morgan fingerprint density at radius 1 is 1.21 bits per heavy atom. The van der Waals surface area contributed by atoms with Gasteiger partial charge in [0.1, 0.15) is 11.6 Å². The molecule has 94 valence electrons. The molecule has 19 heavy (non-hydrogen) atoms. The molecule has 0 aliphatic carbocycles. The van der Waals surface area contributed by atoms with E-state index in [9.17, 15) is 4.79 Å². The van der Waals surface area contributed by atoms with Crippen molar-refractivity contribution in [3.8, 4) is 10.6 Å². The number of hydrogen-bond acceptors (Lipinski definition) is 5. The van der Waals surface area contributed by atoms with Gasteiger partial charge >= 0.3 is 0 Å². The number of aliphatic hydroxyl groups excluding tert-OH is 1. The number of hydrogen-bond donors (Lipinski definition) is 1. The van der Waals surface area contributed by atoms with Gasteiger partial charge in [-0.2, -0.15) is 0 Å². The molecule has 3 aromatic rings. The Labute approximate surface area is 113 Å². The summed E-state index contributed by atoms with van der Waals surface area (Å²) in [5, 5.41) is 9.77. The Hall–Kier alpha value is -2.11. The topological polar surface area (TPSA) is 63.1 Å². The Balaban J connectivity index is 2.09. The van der Waals surface area contributed by atoms with Crippen molar-refractivity contribution in [1.82, 2.24) is 9.97 Å². The average Bonchev–Trinajstić information content (AvgIpc) is 2.90. The summed E-state index contributed by atoms with van der Waals surface area (Å²) in [6.07, 6.45) is 3.45. The summed E-state index contributed by atoms with van der Waals surface area (Å²) in [6.45, 7) is -0.471. The van der Waals surface area contributed by atoms with Gasteiger partial charge in [-0.3, -0.25) is 9.78 Å². The summed E-state index contributed by atoms with van der Waals surface area (Å²) in [5.74, 6) is -0.277. The number of thiazole rings is 1. The van der Waals surface area contributed by atoms with E-state index in [0.717, 1.165) is 20.8 Å². The number of aliphatic hydroxyl groups is 1. The number of carbonyl (C=O) groups excluding carboxylic acids is 1. The van der Waals surface area contributed by atoms with Gasteiger partial charge in [-0.1, -0.05) is 0 Å². The van der Waals surface area contributed by atoms with Gasteiger partial charge in [-0.05, 0) is 30.3 Å². The number of fused-ring (bicyclic) bond motifs is 1. The van der Waals surface area contributed by atoms with E-state index >= 15 is 0 Å². The molecule has 0 atom stereocenters. The maximum absolute atomic E-state index is 11.5. The molecule has 0 saturated carbocycles. The Morgan fingerprint density at radius 2 is 2.00 bits per heavy atom. The van der Waals surface area contributed by atoms with Crippen LogP contribution in [0, 0.1) is 0 Å². The monoisotopic (exact) mass is 270 g/mol. The molecule has 0 aliphatic rings. The predicted molar refractivity (Wildman–Crippen MR) is 74.3 cm³/mol. The highest BCUT2D eigenvalue weighted by atomic mass is 32.1. The molecule has 4 nitrogen and oxygen atoms in total. The fourth-order valence-electron chi connectivity index (χ4n) is 1.81. The van der Waals surface area contributed by atoms with Crippen molar-refractivity contribution in [2.24, 2.45) is 0 Å². The molecule has 1 N–H and O–H groups in total. The van der Waals surface area contributed by atoms with Crippen molar-refractivity contribution in [1.29, 1.82) is 0 Å². The molecule has 0 radical (unpaired) electrons. The molecule has 5 heteroatoms. The molecule has 0 spiro atoms. The van der Waals surface area contributed by atoms with E-state index in [1.165, 1.54) is 11.3 Å². The van der Waals surface area contributed by atoms with Crippen LogP contribution in [0.5, 0.6) is 0 Å². The highest BCUT2D eigenvalue weighted by Gasteiger charge is 2.09. The lowest BCUT2D eigenvalue weighted by Gasteiger charge is -1.95. The summed E-state index contributed by atoms with van der Waals surface area (Å²) in [4.78, 5) is 20.0. The van der Waals surface area contributed by atoms with E-state index in [0.29, 0.717) is 5.56 Å². The Morgan fingerprint density at radius 3 is 2.74 bits per heavy atom. The molecule has 2 aromatic heterocycles. The van der Waals surface area contributed by atoms with Gasteiger partial charge in [0.05, 0.1) is 10.2 Å². The van der Waals surface area contributed by atoms with Gasteiger partial charge in [0.15, 0.2) is 5.78 Å². The largest absolute Gasteiger partial charge is 0.388 e. The molecule has 0 unspecified atom stereocenters. The summed E-state index contributed by atoms with van der Waals surface area (Å²) >= 11 is 1.52. The van der Waals surface area contributed by atoms with Gasteiger partial charge in [-0.15, -0.1) is 11.3 Å². The average molecular weight is 270 g/mol. The summed E-state index contributed by atoms with van der Waals surface area (Å²) in [7, 11) is 0. The Bertz CT molecular complexity index is 738. The zero-order chi connectivity index (χ0) is 13.2. The first-order chi connectivity index (χ1) is 9.28. The quantitative estimate of drug-likeness (QED) is 0.743. The summed E-state index contributed by atoms with van der Waals surface area (Å²) < 4.78 is 0.936. The number of pyridine rings is 1. The zero-order valence-electron chi connectivity index (χ0n) is 9.91. The number of Topliss-reactive ketones (excluding diaryl/α,β-unsaturated/α-hetero) is 1. The predicted octanol–water partition coefficient (Wildman–Crippen LogP) is 2.53. The Kier molecular flexibility index (Phi) is 3.06. The zero-order valence-corrected chi connectivity index (χ0v) is 10.7. The van der Waals surface area contributed by atoms with Crippen molar-refractivity contribution in [3.05, 3.63) is 48.3 Å². The smallest absolute Gasteiger partial charge is 0.188 e. The molecule has 0 fully saturated rings. The highest BCUT2D eigenvalue weighted by molar-refractivity contribution is 7.21. The van der Waals surface area contributed by atoms with Crippen molar-refractivity contribution < 1.29 is 9.90 Å². The van der Waals surface area contributed by atoms with Crippen LogP contribution in [-0.2, 0) is 0 Å². The van der Waals surface area contributed by atoms with Crippen molar-refractivity contribution in [2.45, 2.75) is 0 Å². The van der Waals surface area contributed by atoms with Gasteiger partial charge in [0, 0.05) is 23.5 Å². The molecular weight excluding hydrogens is 260 g/mol. The van der Waals surface area contributed by atoms with Gasteiger partial charge < -0.3 is 5.11 Å². The first-order valence-electron chi connectivity index (χ1n) is 5.73. The normalized spacial score (nSPS) is 10.8. The number of rotatable bonds is 3. The maximum Gasteiger partial charge on any atom is 0.188 e. The second-order valence-corrected chi connectivity index (χ2v) is 5.05. The number of nitrogens with zero attached hydrogens (tertiary/aromatic N) is 2. The van der Waals surface area contributed by atoms with Crippen LogP contribution < -0.4 is 0 Å².